The molecule has 0 spiro atoms. The SMILES string of the molecule is C.C.C.C.O=C(O)CCC(CCO)(COCO)COCC(=O)O.O=C(O)COCC(CCO)(CCO)COCO. The van der Waals surface area contributed by atoms with Crippen LogP contribution in [0.15, 0.2) is 0 Å². The zero-order valence-corrected chi connectivity index (χ0v) is 20.2. The number of aliphatic carboxylic acids is 3. The van der Waals surface area contributed by atoms with Crippen LogP contribution >= 0.6 is 0 Å². The van der Waals surface area contributed by atoms with E-state index in [-0.39, 0.29) is 95.2 Å². The van der Waals surface area contributed by atoms with E-state index in [2.05, 4.69) is 0 Å². The number of carboxylic acids is 3. The van der Waals surface area contributed by atoms with Gasteiger partial charge in [-0.2, -0.15) is 0 Å². The summed E-state index contributed by atoms with van der Waals surface area (Å²) in [6, 6.07) is 0. The van der Waals surface area contributed by atoms with E-state index in [1.165, 1.54) is 0 Å². The predicted molar refractivity (Wildman–Crippen MR) is 147 cm³/mol. The van der Waals surface area contributed by atoms with Gasteiger partial charge < -0.3 is 59.8 Å². The third-order valence-electron chi connectivity index (χ3n) is 5.06. The third-order valence-corrected chi connectivity index (χ3v) is 5.06. The van der Waals surface area contributed by atoms with E-state index >= 15 is 0 Å². The van der Waals surface area contributed by atoms with Crippen molar-refractivity contribution in [3.63, 3.8) is 0 Å². The molecule has 1 atom stereocenters. The molecule has 246 valence electrons. The summed E-state index contributed by atoms with van der Waals surface area (Å²) in [5, 5.41) is 69.9. The standard InChI is InChI=1S/C11H20O8.C10H20O7.4CH4/c12-4-3-11(7-19-8-13,2-1-9(14)15)6-18-5-10(16)17;11-3-1-10(2-4-12,7-17-8-13)6-16-5-9(14)15;;;;/h12-13H,1-8H2,(H,14,15)(H,16,17);11-13H,1-8H2,(H,14,15);4*1H4. The number of aliphatic hydroxyl groups is 5. The number of carbonyl (C=O) groups is 3. The number of hydrogen-bond acceptors (Lipinski definition) is 12. The summed E-state index contributed by atoms with van der Waals surface area (Å²) < 4.78 is 19.7. The highest BCUT2D eigenvalue weighted by atomic mass is 16.6. The highest BCUT2D eigenvalue weighted by molar-refractivity contribution is 5.68. The summed E-state index contributed by atoms with van der Waals surface area (Å²) in [6.07, 6.45) is 0.786. The van der Waals surface area contributed by atoms with Crippen LogP contribution in [0.3, 0.4) is 0 Å². The van der Waals surface area contributed by atoms with Gasteiger partial charge in [0, 0.05) is 37.1 Å². The Morgan fingerprint density at radius 3 is 1.02 bits per heavy atom. The molecule has 0 aromatic rings. The molecule has 0 fully saturated rings. The van der Waals surface area contributed by atoms with Crippen molar-refractivity contribution >= 4 is 17.9 Å². The number of aliphatic hydroxyl groups excluding tert-OH is 5. The Bertz CT molecular complexity index is 583. The van der Waals surface area contributed by atoms with Gasteiger partial charge >= 0.3 is 17.9 Å². The number of ether oxygens (including phenoxy) is 4. The van der Waals surface area contributed by atoms with Gasteiger partial charge in [0.2, 0.25) is 0 Å². The largest absolute Gasteiger partial charge is 0.481 e. The second-order valence-corrected chi connectivity index (χ2v) is 8.04. The summed E-state index contributed by atoms with van der Waals surface area (Å²) >= 11 is 0. The molecule has 0 rings (SSSR count). The normalized spacial score (nSPS) is 11.6. The molecule has 40 heavy (non-hydrogen) atoms. The molecule has 15 heteroatoms. The molecular formula is C25H56O15. The first-order valence-corrected chi connectivity index (χ1v) is 11.1. The summed E-state index contributed by atoms with van der Waals surface area (Å²) in [6.45, 7) is -2.41. The first kappa shape index (κ1) is 50.8. The molecule has 0 heterocycles. The molecule has 15 nitrogen and oxygen atoms in total. The van der Waals surface area contributed by atoms with Crippen molar-refractivity contribution in [2.24, 2.45) is 10.8 Å². The second-order valence-electron chi connectivity index (χ2n) is 8.04. The molecule has 0 aromatic heterocycles. The summed E-state index contributed by atoms with van der Waals surface area (Å²) in [5.74, 6) is -3.24. The molecule has 1 unspecified atom stereocenters. The lowest BCUT2D eigenvalue weighted by atomic mass is 9.81. The van der Waals surface area contributed by atoms with E-state index in [1.807, 2.05) is 0 Å². The van der Waals surface area contributed by atoms with Crippen molar-refractivity contribution < 1.29 is 74.2 Å². The second kappa shape index (κ2) is 31.6. The molecule has 0 aliphatic carbocycles. The zero-order chi connectivity index (χ0) is 27.9. The van der Waals surface area contributed by atoms with Crippen molar-refractivity contribution in [2.45, 2.75) is 61.8 Å². The first-order chi connectivity index (χ1) is 17.1. The molecular weight excluding hydrogens is 540 g/mol. The van der Waals surface area contributed by atoms with Crippen molar-refractivity contribution in [3.05, 3.63) is 0 Å². The fourth-order valence-electron chi connectivity index (χ4n) is 3.23. The van der Waals surface area contributed by atoms with Gasteiger partial charge in [0.15, 0.2) is 0 Å². The van der Waals surface area contributed by atoms with E-state index in [4.69, 9.17) is 59.8 Å². The van der Waals surface area contributed by atoms with Gasteiger partial charge in [0.25, 0.3) is 0 Å². The van der Waals surface area contributed by atoms with Gasteiger partial charge in [0.1, 0.15) is 26.8 Å². The van der Waals surface area contributed by atoms with Crippen LogP contribution in [0.5, 0.6) is 0 Å². The lowest BCUT2D eigenvalue weighted by molar-refractivity contribution is -0.147. The topological polar surface area (TPSA) is 250 Å². The van der Waals surface area contributed by atoms with Crippen molar-refractivity contribution in [3.8, 4) is 0 Å². The van der Waals surface area contributed by atoms with E-state index < -0.39 is 55.5 Å². The van der Waals surface area contributed by atoms with Crippen LogP contribution in [0.2, 0.25) is 0 Å². The Balaban J connectivity index is -0.000000132. The Morgan fingerprint density at radius 2 is 0.775 bits per heavy atom. The maximum atomic E-state index is 10.6. The fourth-order valence-corrected chi connectivity index (χ4v) is 3.23. The number of hydrogen-bond donors (Lipinski definition) is 8. The Hall–Kier alpha value is -1.95. The molecule has 0 saturated carbocycles. The van der Waals surface area contributed by atoms with E-state index in [9.17, 15) is 14.4 Å². The van der Waals surface area contributed by atoms with Gasteiger partial charge in [-0.25, -0.2) is 9.59 Å². The molecule has 0 aliphatic heterocycles. The lowest BCUT2D eigenvalue weighted by Gasteiger charge is -2.32. The quantitative estimate of drug-likeness (QED) is 0.0753. The smallest absolute Gasteiger partial charge is 0.329 e. The monoisotopic (exact) mass is 596 g/mol. The molecule has 0 amide bonds. The minimum atomic E-state index is -1.14. The fraction of sp³-hybridized carbons (Fsp3) is 0.880. The number of carboxylic acid groups (broad SMARTS) is 3. The van der Waals surface area contributed by atoms with Crippen LogP contribution in [0.25, 0.3) is 0 Å². The summed E-state index contributed by atoms with van der Waals surface area (Å²) in [7, 11) is 0. The Kier molecular flexibility index (Phi) is 40.1. The van der Waals surface area contributed by atoms with Crippen molar-refractivity contribution in [2.75, 3.05) is 73.0 Å². The zero-order valence-electron chi connectivity index (χ0n) is 20.2. The molecule has 0 radical (unpaired) electrons. The Labute approximate surface area is 238 Å². The summed E-state index contributed by atoms with van der Waals surface area (Å²) in [5.41, 5.74) is -1.51. The highest BCUT2D eigenvalue weighted by Crippen LogP contribution is 2.29. The summed E-state index contributed by atoms with van der Waals surface area (Å²) in [4.78, 5) is 31.3. The van der Waals surface area contributed by atoms with Crippen LogP contribution in [-0.2, 0) is 33.3 Å². The maximum absolute atomic E-state index is 10.6. The maximum Gasteiger partial charge on any atom is 0.329 e. The first-order valence-electron chi connectivity index (χ1n) is 11.1. The van der Waals surface area contributed by atoms with E-state index in [1.54, 1.807) is 0 Å². The molecule has 0 aliphatic rings. The lowest BCUT2D eigenvalue weighted by Crippen LogP contribution is -2.35. The molecule has 0 saturated heterocycles. The minimum absolute atomic E-state index is 0. The van der Waals surface area contributed by atoms with Crippen LogP contribution in [0, 0.1) is 10.8 Å². The van der Waals surface area contributed by atoms with Crippen LogP contribution < -0.4 is 0 Å². The van der Waals surface area contributed by atoms with Gasteiger partial charge in [0.05, 0.1) is 26.4 Å². The predicted octanol–water partition coefficient (Wildman–Crippen LogP) is 0.637. The minimum Gasteiger partial charge on any atom is -0.481 e. The van der Waals surface area contributed by atoms with Gasteiger partial charge in [-0.3, -0.25) is 4.79 Å². The third kappa shape index (κ3) is 27.6. The molecule has 0 aromatic carbocycles. The van der Waals surface area contributed by atoms with Crippen LogP contribution in [0.1, 0.15) is 61.8 Å². The van der Waals surface area contributed by atoms with Gasteiger partial charge in [-0.1, -0.05) is 29.7 Å². The average molecular weight is 597 g/mol. The van der Waals surface area contributed by atoms with Gasteiger partial charge in [-0.05, 0) is 25.7 Å². The average Bonchev–Trinajstić information content (AvgIpc) is 2.80. The molecule has 8 N–H and O–H groups in total. The van der Waals surface area contributed by atoms with Crippen LogP contribution in [-0.4, -0.2) is 132 Å². The highest BCUT2D eigenvalue weighted by Gasteiger charge is 2.32. The molecule has 0 bridgehead atoms. The van der Waals surface area contributed by atoms with Gasteiger partial charge in [-0.15, -0.1) is 0 Å². The number of rotatable bonds is 23. The van der Waals surface area contributed by atoms with E-state index in [0.717, 1.165) is 0 Å². The van der Waals surface area contributed by atoms with Crippen LogP contribution in [0.4, 0.5) is 0 Å². The Morgan fingerprint density at radius 1 is 0.475 bits per heavy atom. The van der Waals surface area contributed by atoms with Crippen molar-refractivity contribution in [1.82, 2.24) is 0 Å². The van der Waals surface area contributed by atoms with Crippen molar-refractivity contribution in [1.29, 1.82) is 0 Å². The van der Waals surface area contributed by atoms with E-state index in [0.29, 0.717) is 12.8 Å².